The summed E-state index contributed by atoms with van der Waals surface area (Å²) >= 11 is 0. The number of carbonyl (C=O) groups excluding carboxylic acids is 6. The van der Waals surface area contributed by atoms with E-state index in [1.807, 2.05) is 0 Å². The fourth-order valence-electron chi connectivity index (χ4n) is 7.98. The van der Waals surface area contributed by atoms with Gasteiger partial charge in [0, 0.05) is 31.3 Å². The lowest BCUT2D eigenvalue weighted by Crippen LogP contribution is -2.43. The number of allylic oxidation sites excluding steroid dienone is 1. The molecule has 10 heteroatoms. The first-order chi connectivity index (χ1) is 17.3. The van der Waals surface area contributed by atoms with E-state index < -0.39 is 61.1 Å². The molecule has 4 fully saturated rings. The van der Waals surface area contributed by atoms with Crippen LogP contribution in [0.25, 0.3) is 0 Å². The number of ether oxygens (including phenoxy) is 4. The highest BCUT2D eigenvalue weighted by molar-refractivity contribution is 5.91. The summed E-state index contributed by atoms with van der Waals surface area (Å²) in [6.07, 6.45) is 1.53. The van der Waals surface area contributed by atoms with Crippen LogP contribution >= 0.6 is 0 Å². The van der Waals surface area contributed by atoms with Gasteiger partial charge in [-0.3, -0.25) is 19.2 Å². The molecule has 6 rings (SSSR count). The second kappa shape index (κ2) is 8.81. The molecule has 0 aromatic heterocycles. The third kappa shape index (κ3) is 3.85. The Morgan fingerprint density at radius 2 is 1.08 bits per heavy atom. The highest BCUT2D eigenvalue weighted by Gasteiger charge is 2.64. The van der Waals surface area contributed by atoms with E-state index in [1.165, 1.54) is 0 Å². The predicted octanol–water partition coefficient (Wildman–Crippen LogP) is 1.23. The molecule has 3 saturated carbocycles. The zero-order valence-electron chi connectivity index (χ0n) is 19.8. The van der Waals surface area contributed by atoms with Crippen molar-refractivity contribution in [2.24, 2.45) is 35.5 Å². The molecule has 1 saturated heterocycles. The Labute approximate surface area is 207 Å². The van der Waals surface area contributed by atoms with Crippen LogP contribution in [0.5, 0.6) is 0 Å². The second-order valence-electron chi connectivity index (χ2n) is 10.9. The Morgan fingerprint density at radius 1 is 0.611 bits per heavy atom. The number of Topliss-reactive ketones (excluding diaryl/α,β-unsaturated/α-hetero) is 2. The first kappa shape index (κ1) is 23.4. The molecule has 5 aliphatic carbocycles. The molecular formula is C26H28O10. The Bertz CT molecular complexity index is 1010. The van der Waals surface area contributed by atoms with Crippen LogP contribution in [0.4, 0.5) is 0 Å². The van der Waals surface area contributed by atoms with Crippen molar-refractivity contribution in [3.8, 4) is 0 Å². The topological polar surface area (TPSA) is 139 Å². The number of esters is 4. The van der Waals surface area contributed by atoms with Crippen LogP contribution in [0.15, 0.2) is 11.1 Å². The maximum absolute atomic E-state index is 13.2. The SMILES string of the molecule is O=C1CC2=C3C(C1)OC(=O)COC(=O)C1C4CC(C5CCCC54)C1C(=O)OCC(=O)OC3CC(=O)C2. The predicted molar refractivity (Wildman–Crippen MR) is 117 cm³/mol. The van der Waals surface area contributed by atoms with Gasteiger partial charge in [0.15, 0.2) is 13.2 Å². The van der Waals surface area contributed by atoms with Crippen molar-refractivity contribution in [3.63, 3.8) is 0 Å². The smallest absolute Gasteiger partial charge is 0.344 e. The number of ketones is 2. The van der Waals surface area contributed by atoms with Gasteiger partial charge in [-0.1, -0.05) is 6.42 Å². The lowest BCUT2D eigenvalue weighted by atomic mass is 9.69. The second-order valence-corrected chi connectivity index (χ2v) is 10.9. The molecule has 192 valence electrons. The molecular weight excluding hydrogens is 472 g/mol. The summed E-state index contributed by atoms with van der Waals surface area (Å²) in [6, 6.07) is 0. The molecule has 8 atom stereocenters. The number of hydrogen-bond acceptors (Lipinski definition) is 10. The van der Waals surface area contributed by atoms with Gasteiger partial charge in [0.1, 0.15) is 23.8 Å². The van der Waals surface area contributed by atoms with E-state index >= 15 is 0 Å². The molecule has 0 amide bonds. The average Bonchev–Trinajstić information content (AvgIpc) is 3.52. The van der Waals surface area contributed by atoms with Crippen LogP contribution in [0.3, 0.4) is 0 Å². The first-order valence-corrected chi connectivity index (χ1v) is 12.8. The molecule has 8 unspecified atom stereocenters. The Kier molecular flexibility index (Phi) is 5.72. The maximum atomic E-state index is 13.2. The number of fused-ring (bicyclic) bond motifs is 8. The summed E-state index contributed by atoms with van der Waals surface area (Å²) < 4.78 is 21.8. The number of hydrogen-bond donors (Lipinski definition) is 0. The summed E-state index contributed by atoms with van der Waals surface area (Å²) in [7, 11) is 0. The van der Waals surface area contributed by atoms with Gasteiger partial charge in [-0.2, -0.15) is 0 Å². The van der Waals surface area contributed by atoms with E-state index in [4.69, 9.17) is 18.9 Å². The first-order valence-electron chi connectivity index (χ1n) is 12.8. The largest absolute Gasteiger partial charge is 0.455 e. The van der Waals surface area contributed by atoms with Crippen molar-refractivity contribution in [1.82, 2.24) is 0 Å². The minimum atomic E-state index is -1.01. The van der Waals surface area contributed by atoms with Crippen LogP contribution in [0.2, 0.25) is 0 Å². The third-order valence-electron chi connectivity index (χ3n) is 9.08. The monoisotopic (exact) mass is 500 g/mol. The number of rotatable bonds is 0. The van der Waals surface area contributed by atoms with Gasteiger partial charge < -0.3 is 18.9 Å². The van der Waals surface area contributed by atoms with Crippen molar-refractivity contribution < 1.29 is 47.7 Å². The summed E-state index contributed by atoms with van der Waals surface area (Å²) in [5, 5.41) is 0. The molecule has 0 spiro atoms. The average molecular weight is 501 g/mol. The van der Waals surface area contributed by atoms with Gasteiger partial charge in [-0.15, -0.1) is 0 Å². The minimum Gasteiger partial charge on any atom is -0.455 e. The van der Waals surface area contributed by atoms with E-state index in [2.05, 4.69) is 0 Å². The fraction of sp³-hybridized carbons (Fsp3) is 0.692. The van der Waals surface area contributed by atoms with Gasteiger partial charge in [0.25, 0.3) is 0 Å². The lowest BCUT2D eigenvalue weighted by molar-refractivity contribution is -0.172. The van der Waals surface area contributed by atoms with Crippen molar-refractivity contribution >= 4 is 35.4 Å². The molecule has 1 heterocycles. The molecule has 6 aliphatic rings. The van der Waals surface area contributed by atoms with E-state index in [1.54, 1.807) is 0 Å². The van der Waals surface area contributed by atoms with Crippen LogP contribution in [0.1, 0.15) is 51.4 Å². The van der Waals surface area contributed by atoms with Gasteiger partial charge in [0.05, 0.1) is 11.8 Å². The summed E-state index contributed by atoms with van der Waals surface area (Å²) in [5.74, 6) is -4.19. The fourth-order valence-corrected chi connectivity index (χ4v) is 7.98. The van der Waals surface area contributed by atoms with Crippen molar-refractivity contribution in [2.75, 3.05) is 13.2 Å². The molecule has 10 nitrogen and oxygen atoms in total. The molecule has 0 aromatic carbocycles. The molecule has 0 radical (unpaired) electrons. The summed E-state index contributed by atoms with van der Waals surface area (Å²) in [4.78, 5) is 76.3. The van der Waals surface area contributed by atoms with E-state index in [9.17, 15) is 28.8 Å². The van der Waals surface area contributed by atoms with Gasteiger partial charge in [-0.05, 0) is 48.5 Å². The van der Waals surface area contributed by atoms with Crippen LogP contribution in [0, 0.1) is 35.5 Å². The summed E-state index contributed by atoms with van der Waals surface area (Å²) in [5.41, 5.74) is 0.903. The summed E-state index contributed by atoms with van der Waals surface area (Å²) in [6.45, 7) is -1.31. The number of cyclic esters (lactones) is 2. The Hall–Kier alpha value is -3.04. The number of carbonyl (C=O) groups is 6. The van der Waals surface area contributed by atoms with Gasteiger partial charge >= 0.3 is 23.9 Å². The van der Waals surface area contributed by atoms with Gasteiger partial charge in [-0.25, -0.2) is 9.59 Å². The highest BCUT2D eigenvalue weighted by atomic mass is 16.6. The highest BCUT2D eigenvalue weighted by Crippen LogP contribution is 2.63. The van der Waals surface area contributed by atoms with Crippen LogP contribution in [-0.2, 0) is 47.7 Å². The molecule has 0 N–H and O–H groups in total. The molecule has 2 bridgehead atoms. The third-order valence-corrected chi connectivity index (χ3v) is 9.08. The zero-order valence-corrected chi connectivity index (χ0v) is 19.8. The van der Waals surface area contributed by atoms with E-state index in [0.29, 0.717) is 23.0 Å². The lowest BCUT2D eigenvalue weighted by Gasteiger charge is -2.35. The normalized spacial score (nSPS) is 40.8. The standard InChI is InChI=1S/C26H28O10/c27-12-4-11-5-13(28)7-19-22(11)18(6-12)35-20(29)9-33-25(31)23-16-8-17(15-3-1-2-14(15)16)24(23)26(32)34-10-21(30)36-19/h14-19,23-24H,1-10H2. The van der Waals surface area contributed by atoms with Crippen LogP contribution < -0.4 is 0 Å². The maximum Gasteiger partial charge on any atom is 0.344 e. The minimum absolute atomic E-state index is 0.0155. The van der Waals surface area contributed by atoms with Crippen LogP contribution in [-0.4, -0.2) is 60.9 Å². The van der Waals surface area contributed by atoms with Crippen molar-refractivity contribution in [2.45, 2.75) is 63.6 Å². The molecule has 0 aromatic rings. The Morgan fingerprint density at radius 3 is 1.56 bits per heavy atom. The molecule has 1 aliphatic heterocycles. The van der Waals surface area contributed by atoms with Gasteiger partial charge in [0.2, 0.25) is 0 Å². The van der Waals surface area contributed by atoms with E-state index in [0.717, 1.165) is 25.7 Å². The Balaban J connectivity index is 1.30. The van der Waals surface area contributed by atoms with E-state index in [-0.39, 0.29) is 49.1 Å². The van der Waals surface area contributed by atoms with Crippen molar-refractivity contribution in [3.05, 3.63) is 11.1 Å². The molecule has 36 heavy (non-hydrogen) atoms. The van der Waals surface area contributed by atoms with Crippen molar-refractivity contribution in [1.29, 1.82) is 0 Å². The zero-order chi connectivity index (χ0) is 25.1. The quantitative estimate of drug-likeness (QED) is 0.271.